The first-order valence-electron chi connectivity index (χ1n) is 5.44. The molecule has 6 nitrogen and oxygen atoms in total. The molecule has 0 radical (unpaired) electrons. The van der Waals surface area contributed by atoms with Crippen LogP contribution in [-0.4, -0.2) is 26.4 Å². The van der Waals surface area contributed by atoms with Crippen molar-refractivity contribution in [2.75, 3.05) is 11.9 Å². The number of nitrogens with two attached hydrogens (primary N) is 1. The van der Waals surface area contributed by atoms with Crippen LogP contribution < -0.4 is 10.0 Å². The van der Waals surface area contributed by atoms with Gasteiger partial charge in [-0.1, -0.05) is 0 Å². The molecule has 0 aliphatic heterocycles. The van der Waals surface area contributed by atoms with E-state index < -0.39 is 10.0 Å². The van der Waals surface area contributed by atoms with Gasteiger partial charge in [-0.05, 0) is 36.4 Å². The van der Waals surface area contributed by atoms with Gasteiger partial charge in [0.1, 0.15) is 5.69 Å². The average molecular weight is 279 g/mol. The number of rotatable bonds is 3. The highest BCUT2D eigenvalue weighted by atomic mass is 32.2. The molecule has 0 atom stereocenters. The molecule has 0 bridgehead atoms. The number of carbonyl (C=O) groups is 1. The van der Waals surface area contributed by atoms with Gasteiger partial charge in [-0.3, -0.25) is 4.79 Å². The standard InChI is InChI=1S/C12H13N3O3S/c1-15(12(16)11-3-2-8-14-11)9-4-6-10(7-5-9)19(13,17)18/h2-8,14H,1H3,(H2,13,17,18). The molecular formula is C12H13N3O3S. The van der Waals surface area contributed by atoms with Crippen LogP contribution in [-0.2, 0) is 10.0 Å². The van der Waals surface area contributed by atoms with E-state index in [9.17, 15) is 13.2 Å². The molecule has 0 aliphatic carbocycles. The van der Waals surface area contributed by atoms with Crippen LogP contribution in [0, 0.1) is 0 Å². The molecule has 1 heterocycles. The smallest absolute Gasteiger partial charge is 0.274 e. The lowest BCUT2D eigenvalue weighted by Gasteiger charge is -2.16. The minimum absolute atomic E-state index is 0.0111. The molecule has 0 fully saturated rings. The molecule has 2 rings (SSSR count). The minimum Gasteiger partial charge on any atom is -0.357 e. The number of hydrogen-bond acceptors (Lipinski definition) is 3. The van der Waals surface area contributed by atoms with Crippen molar-refractivity contribution in [1.29, 1.82) is 0 Å². The Bertz CT molecular complexity index is 676. The van der Waals surface area contributed by atoms with Crippen LogP contribution in [0.2, 0.25) is 0 Å². The lowest BCUT2D eigenvalue weighted by atomic mass is 10.3. The number of hydrogen-bond donors (Lipinski definition) is 2. The number of primary sulfonamides is 1. The Hall–Kier alpha value is -2.12. The quantitative estimate of drug-likeness (QED) is 0.875. The lowest BCUT2D eigenvalue weighted by Crippen LogP contribution is -2.26. The van der Waals surface area contributed by atoms with Crippen LogP contribution in [0.5, 0.6) is 0 Å². The van der Waals surface area contributed by atoms with Crippen LogP contribution in [0.1, 0.15) is 10.5 Å². The second-order valence-electron chi connectivity index (χ2n) is 3.99. The van der Waals surface area contributed by atoms with Crippen molar-refractivity contribution in [3.8, 4) is 0 Å². The zero-order chi connectivity index (χ0) is 14.0. The molecular weight excluding hydrogens is 266 g/mol. The van der Waals surface area contributed by atoms with E-state index >= 15 is 0 Å². The van der Waals surface area contributed by atoms with Crippen LogP contribution in [0.3, 0.4) is 0 Å². The number of benzene rings is 1. The predicted molar refractivity (Wildman–Crippen MR) is 71.3 cm³/mol. The van der Waals surface area contributed by atoms with Crippen molar-refractivity contribution < 1.29 is 13.2 Å². The van der Waals surface area contributed by atoms with E-state index in [-0.39, 0.29) is 10.8 Å². The van der Waals surface area contributed by atoms with Gasteiger partial charge in [-0.15, -0.1) is 0 Å². The fourth-order valence-corrected chi connectivity index (χ4v) is 2.14. The molecule has 7 heteroatoms. The molecule has 19 heavy (non-hydrogen) atoms. The summed E-state index contributed by atoms with van der Waals surface area (Å²) in [6, 6.07) is 9.18. The summed E-state index contributed by atoms with van der Waals surface area (Å²) in [6.45, 7) is 0. The summed E-state index contributed by atoms with van der Waals surface area (Å²) in [5, 5.41) is 5.01. The second-order valence-corrected chi connectivity index (χ2v) is 5.55. The number of aromatic nitrogens is 1. The van der Waals surface area contributed by atoms with E-state index in [0.29, 0.717) is 11.4 Å². The zero-order valence-electron chi connectivity index (χ0n) is 10.2. The number of nitrogens with one attached hydrogen (secondary N) is 1. The van der Waals surface area contributed by atoms with Gasteiger partial charge in [0.05, 0.1) is 4.90 Å². The Labute approximate surface area is 110 Å². The van der Waals surface area contributed by atoms with Crippen molar-refractivity contribution in [3.63, 3.8) is 0 Å². The van der Waals surface area contributed by atoms with E-state index in [0.717, 1.165) is 0 Å². The number of nitrogens with zero attached hydrogens (tertiary/aromatic N) is 1. The molecule has 0 aliphatic rings. The Balaban J connectivity index is 2.25. The first-order chi connectivity index (χ1) is 8.89. The summed E-state index contributed by atoms with van der Waals surface area (Å²) in [5.41, 5.74) is 1.03. The van der Waals surface area contributed by atoms with Crippen LogP contribution in [0.4, 0.5) is 5.69 Å². The lowest BCUT2D eigenvalue weighted by molar-refractivity contribution is 0.0989. The maximum Gasteiger partial charge on any atom is 0.274 e. The Morgan fingerprint density at radius 3 is 2.32 bits per heavy atom. The van der Waals surface area contributed by atoms with Crippen molar-refractivity contribution in [2.24, 2.45) is 5.14 Å². The number of amides is 1. The maximum absolute atomic E-state index is 12.0. The Kier molecular flexibility index (Phi) is 3.41. The van der Waals surface area contributed by atoms with E-state index in [4.69, 9.17) is 5.14 Å². The fourth-order valence-electron chi connectivity index (χ4n) is 1.62. The van der Waals surface area contributed by atoms with Gasteiger partial charge in [0.2, 0.25) is 10.0 Å². The molecule has 0 unspecified atom stereocenters. The van der Waals surface area contributed by atoms with Gasteiger partial charge in [-0.2, -0.15) is 0 Å². The largest absolute Gasteiger partial charge is 0.357 e. The topological polar surface area (TPSA) is 96.3 Å². The molecule has 2 aromatic rings. The molecule has 0 saturated carbocycles. The normalized spacial score (nSPS) is 11.3. The third-order valence-corrected chi connectivity index (χ3v) is 3.61. The molecule has 1 aromatic carbocycles. The van der Waals surface area contributed by atoms with E-state index in [1.54, 1.807) is 25.4 Å². The maximum atomic E-state index is 12.0. The minimum atomic E-state index is -3.72. The Morgan fingerprint density at radius 1 is 1.21 bits per heavy atom. The number of aromatic amines is 1. The van der Waals surface area contributed by atoms with E-state index in [1.165, 1.54) is 29.2 Å². The third-order valence-electron chi connectivity index (χ3n) is 2.69. The molecule has 1 amide bonds. The molecule has 0 spiro atoms. The number of H-pyrrole nitrogens is 1. The first kappa shape index (κ1) is 13.3. The van der Waals surface area contributed by atoms with Crippen LogP contribution in [0.15, 0.2) is 47.5 Å². The molecule has 3 N–H and O–H groups in total. The highest BCUT2D eigenvalue weighted by molar-refractivity contribution is 7.89. The summed E-state index contributed by atoms with van der Waals surface area (Å²) in [4.78, 5) is 16.3. The summed E-state index contributed by atoms with van der Waals surface area (Å²) in [6.07, 6.45) is 1.66. The summed E-state index contributed by atoms with van der Waals surface area (Å²) < 4.78 is 22.3. The molecule has 1 aromatic heterocycles. The SMILES string of the molecule is CN(C(=O)c1ccc[nH]1)c1ccc(S(N)(=O)=O)cc1. The van der Waals surface area contributed by atoms with Gasteiger partial charge in [0.25, 0.3) is 5.91 Å². The van der Waals surface area contributed by atoms with Crippen molar-refractivity contribution in [3.05, 3.63) is 48.3 Å². The summed E-state index contributed by atoms with van der Waals surface area (Å²) in [5.74, 6) is -0.214. The van der Waals surface area contributed by atoms with Gasteiger partial charge in [0, 0.05) is 18.9 Å². The van der Waals surface area contributed by atoms with Gasteiger partial charge in [0.15, 0.2) is 0 Å². The van der Waals surface area contributed by atoms with Crippen molar-refractivity contribution >= 4 is 21.6 Å². The van der Waals surface area contributed by atoms with Gasteiger partial charge < -0.3 is 9.88 Å². The monoisotopic (exact) mass is 279 g/mol. The highest BCUT2D eigenvalue weighted by Gasteiger charge is 2.15. The first-order valence-corrected chi connectivity index (χ1v) is 6.98. The van der Waals surface area contributed by atoms with Gasteiger partial charge >= 0.3 is 0 Å². The van der Waals surface area contributed by atoms with E-state index in [2.05, 4.69) is 4.98 Å². The number of sulfonamides is 1. The fraction of sp³-hybridized carbons (Fsp3) is 0.0833. The van der Waals surface area contributed by atoms with Crippen LogP contribution >= 0.6 is 0 Å². The number of anilines is 1. The number of carbonyl (C=O) groups excluding carboxylic acids is 1. The Morgan fingerprint density at radius 2 is 1.84 bits per heavy atom. The summed E-state index contributed by atoms with van der Waals surface area (Å²) >= 11 is 0. The third kappa shape index (κ3) is 2.83. The summed E-state index contributed by atoms with van der Waals surface area (Å²) in [7, 11) is -2.11. The van der Waals surface area contributed by atoms with Crippen molar-refractivity contribution in [1.82, 2.24) is 4.98 Å². The highest BCUT2D eigenvalue weighted by Crippen LogP contribution is 2.17. The predicted octanol–water partition coefficient (Wildman–Crippen LogP) is 0.939. The molecule has 0 saturated heterocycles. The molecule has 100 valence electrons. The van der Waals surface area contributed by atoms with E-state index in [1.807, 2.05) is 0 Å². The second kappa shape index (κ2) is 4.87. The van der Waals surface area contributed by atoms with Crippen molar-refractivity contribution in [2.45, 2.75) is 4.90 Å². The van der Waals surface area contributed by atoms with Crippen LogP contribution in [0.25, 0.3) is 0 Å². The average Bonchev–Trinajstić information content (AvgIpc) is 2.90. The van der Waals surface area contributed by atoms with Gasteiger partial charge in [-0.25, -0.2) is 13.6 Å². The zero-order valence-corrected chi connectivity index (χ0v) is 11.0.